The summed E-state index contributed by atoms with van der Waals surface area (Å²) in [6, 6.07) is 17.7. The van der Waals surface area contributed by atoms with Crippen molar-refractivity contribution < 1.29 is 9.53 Å². The Morgan fingerprint density at radius 3 is 2.28 bits per heavy atom. The number of likely N-dealkylation sites (N-methyl/N-ethyl adjacent to an activating group) is 1. The van der Waals surface area contributed by atoms with Gasteiger partial charge in [0.25, 0.3) is 5.91 Å². The maximum atomic E-state index is 12.0. The summed E-state index contributed by atoms with van der Waals surface area (Å²) in [7, 11) is 2.16. The molecule has 1 aliphatic heterocycles. The number of nitriles is 1. The number of hydrogen-bond donors (Lipinski definition) is 1. The summed E-state index contributed by atoms with van der Waals surface area (Å²) in [6.07, 6.45) is 0.370. The van der Waals surface area contributed by atoms with Gasteiger partial charge in [-0.25, -0.2) is 0 Å². The average Bonchev–Trinajstić information content (AvgIpc) is 2.74. The van der Waals surface area contributed by atoms with Crippen molar-refractivity contribution in [1.29, 1.82) is 5.26 Å². The third kappa shape index (κ3) is 6.90. The fourth-order valence-corrected chi connectivity index (χ4v) is 3.22. The summed E-state index contributed by atoms with van der Waals surface area (Å²) >= 11 is 0. The van der Waals surface area contributed by atoms with Crippen molar-refractivity contribution in [2.45, 2.75) is 19.5 Å². The van der Waals surface area contributed by atoms with E-state index in [1.165, 1.54) is 5.56 Å². The molecule has 1 saturated heterocycles. The summed E-state index contributed by atoms with van der Waals surface area (Å²) < 4.78 is 5.50. The minimum absolute atomic E-state index is 0.0287. The van der Waals surface area contributed by atoms with E-state index in [1.54, 1.807) is 12.1 Å². The Bertz CT molecular complexity index is 819. The van der Waals surface area contributed by atoms with Crippen molar-refractivity contribution in [1.82, 2.24) is 15.1 Å². The fraction of sp³-hybridized carbons (Fsp3) is 0.391. The fourth-order valence-electron chi connectivity index (χ4n) is 3.22. The van der Waals surface area contributed by atoms with Gasteiger partial charge in [0.05, 0.1) is 12.5 Å². The molecule has 1 heterocycles. The van der Waals surface area contributed by atoms with Gasteiger partial charge in [-0.05, 0) is 35.9 Å². The van der Waals surface area contributed by atoms with Crippen molar-refractivity contribution in [2.24, 2.45) is 0 Å². The lowest BCUT2D eigenvalue weighted by Gasteiger charge is -2.32. The number of benzene rings is 2. The molecule has 6 heteroatoms. The molecule has 0 atom stereocenters. The molecule has 0 aromatic heterocycles. The number of nitrogens with zero attached hydrogens (tertiary/aromatic N) is 3. The second kappa shape index (κ2) is 10.6. The molecule has 0 spiro atoms. The Kier molecular flexibility index (Phi) is 7.62. The monoisotopic (exact) mass is 392 g/mol. The second-order valence-corrected chi connectivity index (χ2v) is 7.44. The van der Waals surface area contributed by atoms with E-state index in [9.17, 15) is 4.79 Å². The van der Waals surface area contributed by atoms with Gasteiger partial charge < -0.3 is 15.0 Å². The Hall–Kier alpha value is -2.88. The third-order valence-electron chi connectivity index (χ3n) is 5.09. The van der Waals surface area contributed by atoms with E-state index < -0.39 is 0 Å². The molecular weight excluding hydrogens is 364 g/mol. The highest BCUT2D eigenvalue weighted by molar-refractivity contribution is 5.77. The van der Waals surface area contributed by atoms with Crippen molar-refractivity contribution in [3.63, 3.8) is 0 Å². The van der Waals surface area contributed by atoms with Crippen LogP contribution in [-0.2, 0) is 24.3 Å². The van der Waals surface area contributed by atoms with Crippen LogP contribution in [0, 0.1) is 11.3 Å². The molecule has 1 N–H and O–H groups in total. The van der Waals surface area contributed by atoms with Crippen LogP contribution < -0.4 is 10.1 Å². The van der Waals surface area contributed by atoms with Gasteiger partial charge in [-0.1, -0.05) is 36.4 Å². The van der Waals surface area contributed by atoms with E-state index in [0.29, 0.717) is 18.7 Å². The first-order valence-electron chi connectivity index (χ1n) is 9.96. The van der Waals surface area contributed by atoms with Gasteiger partial charge in [-0.15, -0.1) is 0 Å². The van der Waals surface area contributed by atoms with E-state index >= 15 is 0 Å². The number of ether oxygens (including phenoxy) is 1. The zero-order valence-corrected chi connectivity index (χ0v) is 16.9. The molecule has 2 aromatic rings. The molecule has 2 aromatic carbocycles. The largest absolute Gasteiger partial charge is 0.484 e. The molecule has 29 heavy (non-hydrogen) atoms. The normalized spacial score (nSPS) is 14.9. The molecule has 0 aliphatic carbocycles. The van der Waals surface area contributed by atoms with Crippen LogP contribution in [0.3, 0.4) is 0 Å². The van der Waals surface area contributed by atoms with Crippen LogP contribution in [0.15, 0.2) is 48.5 Å². The minimum Gasteiger partial charge on any atom is -0.484 e. The summed E-state index contributed by atoms with van der Waals surface area (Å²) in [5.74, 6) is 0.461. The van der Waals surface area contributed by atoms with Crippen molar-refractivity contribution in [3.05, 3.63) is 65.2 Å². The number of hydrogen-bond acceptors (Lipinski definition) is 5. The maximum Gasteiger partial charge on any atom is 0.258 e. The Morgan fingerprint density at radius 1 is 1.00 bits per heavy atom. The smallest absolute Gasteiger partial charge is 0.258 e. The molecule has 1 amide bonds. The number of carbonyl (C=O) groups is 1. The number of amides is 1. The molecule has 0 unspecified atom stereocenters. The molecule has 0 saturated carbocycles. The van der Waals surface area contributed by atoms with Gasteiger partial charge in [-0.2, -0.15) is 5.26 Å². The van der Waals surface area contributed by atoms with E-state index in [4.69, 9.17) is 10.00 Å². The Labute approximate surface area is 172 Å². The molecule has 3 rings (SSSR count). The van der Waals surface area contributed by atoms with Crippen LogP contribution in [0.25, 0.3) is 0 Å². The van der Waals surface area contributed by atoms with Gasteiger partial charge in [0.15, 0.2) is 6.61 Å². The van der Waals surface area contributed by atoms with E-state index in [-0.39, 0.29) is 12.5 Å². The van der Waals surface area contributed by atoms with Crippen LogP contribution in [0.1, 0.15) is 16.7 Å². The standard InChI is InChI=1S/C23H28N4O2/c1-26-12-14-27(15-13-26)17-21-4-2-20(3-5-21)16-25-23(28)18-29-22-8-6-19(7-9-22)10-11-24/h2-9H,10,12-18H2,1H3,(H,25,28). The molecule has 0 radical (unpaired) electrons. The summed E-state index contributed by atoms with van der Waals surface area (Å²) in [5.41, 5.74) is 3.30. The first-order chi connectivity index (χ1) is 14.1. The lowest BCUT2D eigenvalue weighted by molar-refractivity contribution is -0.123. The van der Waals surface area contributed by atoms with Crippen LogP contribution >= 0.6 is 0 Å². The lowest BCUT2D eigenvalue weighted by atomic mass is 10.1. The van der Waals surface area contributed by atoms with Gasteiger partial charge in [-0.3, -0.25) is 9.69 Å². The van der Waals surface area contributed by atoms with Crippen molar-refractivity contribution >= 4 is 5.91 Å². The molecule has 1 aliphatic rings. The van der Waals surface area contributed by atoms with Crippen molar-refractivity contribution in [2.75, 3.05) is 39.8 Å². The van der Waals surface area contributed by atoms with Gasteiger partial charge in [0, 0.05) is 39.3 Å². The first kappa shape index (κ1) is 20.8. The van der Waals surface area contributed by atoms with Gasteiger partial charge >= 0.3 is 0 Å². The predicted molar refractivity (Wildman–Crippen MR) is 112 cm³/mol. The van der Waals surface area contributed by atoms with E-state index in [1.807, 2.05) is 12.1 Å². The first-order valence-corrected chi connectivity index (χ1v) is 9.96. The number of rotatable bonds is 8. The Balaban J connectivity index is 1.38. The minimum atomic E-state index is -0.160. The SMILES string of the molecule is CN1CCN(Cc2ccc(CNC(=O)COc3ccc(CC#N)cc3)cc2)CC1. The number of piperazine rings is 1. The van der Waals surface area contributed by atoms with Crippen LogP contribution in [0.5, 0.6) is 5.75 Å². The van der Waals surface area contributed by atoms with E-state index in [2.05, 4.69) is 52.5 Å². The quantitative estimate of drug-likeness (QED) is 0.746. The highest BCUT2D eigenvalue weighted by Crippen LogP contribution is 2.12. The average molecular weight is 393 g/mol. The van der Waals surface area contributed by atoms with E-state index in [0.717, 1.165) is 43.9 Å². The lowest BCUT2D eigenvalue weighted by Crippen LogP contribution is -2.43. The van der Waals surface area contributed by atoms with Crippen LogP contribution in [-0.4, -0.2) is 55.5 Å². The Morgan fingerprint density at radius 2 is 1.62 bits per heavy atom. The molecule has 0 bridgehead atoms. The summed E-state index contributed by atoms with van der Waals surface area (Å²) in [4.78, 5) is 16.9. The molecular formula is C23H28N4O2. The highest BCUT2D eigenvalue weighted by atomic mass is 16.5. The van der Waals surface area contributed by atoms with Crippen molar-refractivity contribution in [3.8, 4) is 11.8 Å². The predicted octanol–water partition coefficient (Wildman–Crippen LogP) is 2.20. The highest BCUT2D eigenvalue weighted by Gasteiger charge is 2.13. The number of nitrogens with one attached hydrogen (secondary N) is 1. The molecule has 152 valence electrons. The zero-order valence-electron chi connectivity index (χ0n) is 16.9. The maximum absolute atomic E-state index is 12.0. The summed E-state index contributed by atoms with van der Waals surface area (Å²) in [6.45, 7) is 5.88. The van der Waals surface area contributed by atoms with Gasteiger partial charge in [0.2, 0.25) is 0 Å². The van der Waals surface area contributed by atoms with Gasteiger partial charge in [0.1, 0.15) is 5.75 Å². The summed E-state index contributed by atoms with van der Waals surface area (Å²) in [5, 5.41) is 11.6. The van der Waals surface area contributed by atoms with Crippen LogP contribution in [0.2, 0.25) is 0 Å². The number of carbonyl (C=O) groups excluding carboxylic acids is 1. The zero-order chi connectivity index (χ0) is 20.5. The molecule has 1 fully saturated rings. The molecule has 6 nitrogen and oxygen atoms in total. The van der Waals surface area contributed by atoms with Crippen LogP contribution in [0.4, 0.5) is 0 Å². The second-order valence-electron chi connectivity index (χ2n) is 7.44. The topological polar surface area (TPSA) is 68.6 Å². The third-order valence-corrected chi connectivity index (χ3v) is 5.09.